The predicted molar refractivity (Wildman–Crippen MR) is 84.1 cm³/mol. The van der Waals surface area contributed by atoms with Crippen molar-refractivity contribution in [2.24, 2.45) is 17.1 Å². The van der Waals surface area contributed by atoms with E-state index in [-0.39, 0.29) is 11.5 Å². The summed E-state index contributed by atoms with van der Waals surface area (Å²) in [5.41, 5.74) is 7.81. The van der Waals surface area contributed by atoms with E-state index in [1.807, 2.05) is 12.1 Å². The van der Waals surface area contributed by atoms with Crippen molar-refractivity contribution in [3.8, 4) is 17.2 Å². The molecule has 0 bridgehead atoms. The first-order chi connectivity index (χ1) is 9.94. The van der Waals surface area contributed by atoms with Gasteiger partial charge in [0.05, 0.1) is 26.9 Å². The molecule has 1 aliphatic rings. The molecule has 21 heavy (non-hydrogen) atoms. The van der Waals surface area contributed by atoms with Gasteiger partial charge in [-0.2, -0.15) is 0 Å². The van der Waals surface area contributed by atoms with Crippen molar-refractivity contribution in [1.82, 2.24) is 0 Å². The summed E-state index contributed by atoms with van der Waals surface area (Å²) in [4.78, 5) is 0. The lowest BCUT2D eigenvalue weighted by atomic mass is 9.75. The van der Waals surface area contributed by atoms with Gasteiger partial charge < -0.3 is 19.9 Å². The van der Waals surface area contributed by atoms with E-state index in [4.69, 9.17) is 19.9 Å². The molecule has 1 aliphatic carbocycles. The molecule has 0 spiro atoms. The lowest BCUT2D eigenvalue weighted by Crippen LogP contribution is -2.30. The Bertz CT molecular complexity index is 474. The SMILES string of the molecule is COc1cc(OC)c(C(N)C2CCCC2(C)C)c(OC)c1. The van der Waals surface area contributed by atoms with E-state index < -0.39 is 0 Å². The van der Waals surface area contributed by atoms with E-state index in [1.54, 1.807) is 21.3 Å². The molecule has 0 amide bonds. The van der Waals surface area contributed by atoms with Gasteiger partial charge in [0.2, 0.25) is 0 Å². The van der Waals surface area contributed by atoms with E-state index in [2.05, 4.69) is 13.8 Å². The Morgan fingerprint density at radius 3 is 2.05 bits per heavy atom. The van der Waals surface area contributed by atoms with Crippen molar-refractivity contribution in [3.05, 3.63) is 17.7 Å². The first-order valence-electron chi connectivity index (χ1n) is 7.50. The molecule has 1 saturated carbocycles. The van der Waals surface area contributed by atoms with Gasteiger partial charge in [0.15, 0.2) is 0 Å². The zero-order valence-corrected chi connectivity index (χ0v) is 13.7. The van der Waals surface area contributed by atoms with E-state index in [0.29, 0.717) is 11.7 Å². The third kappa shape index (κ3) is 2.95. The van der Waals surface area contributed by atoms with Crippen LogP contribution in [0.5, 0.6) is 17.2 Å². The molecular weight excluding hydrogens is 266 g/mol. The van der Waals surface area contributed by atoms with Crippen LogP contribution < -0.4 is 19.9 Å². The summed E-state index contributed by atoms with van der Waals surface area (Å²) in [6.07, 6.45) is 3.59. The second-order valence-electron chi connectivity index (χ2n) is 6.46. The van der Waals surface area contributed by atoms with Crippen molar-refractivity contribution < 1.29 is 14.2 Å². The van der Waals surface area contributed by atoms with Gasteiger partial charge in [-0.05, 0) is 24.2 Å². The molecule has 2 unspecified atom stereocenters. The standard InChI is InChI=1S/C17H27NO3/c1-17(2)8-6-7-12(17)16(18)15-13(20-4)9-11(19-3)10-14(15)21-5/h9-10,12,16H,6-8,18H2,1-5H3. The molecule has 4 nitrogen and oxygen atoms in total. The van der Waals surface area contributed by atoms with E-state index >= 15 is 0 Å². The van der Waals surface area contributed by atoms with Crippen molar-refractivity contribution in [2.45, 2.75) is 39.2 Å². The molecule has 0 aromatic heterocycles. The third-order valence-electron chi connectivity index (χ3n) is 4.86. The van der Waals surface area contributed by atoms with Gasteiger partial charge in [-0.25, -0.2) is 0 Å². The highest BCUT2D eigenvalue weighted by Gasteiger charge is 2.40. The number of hydrogen-bond donors (Lipinski definition) is 1. The van der Waals surface area contributed by atoms with Crippen molar-refractivity contribution in [3.63, 3.8) is 0 Å². The maximum Gasteiger partial charge on any atom is 0.131 e. The zero-order chi connectivity index (χ0) is 15.6. The zero-order valence-electron chi connectivity index (χ0n) is 13.7. The summed E-state index contributed by atoms with van der Waals surface area (Å²) < 4.78 is 16.4. The summed E-state index contributed by atoms with van der Waals surface area (Å²) in [5.74, 6) is 2.61. The molecule has 0 aliphatic heterocycles. The quantitative estimate of drug-likeness (QED) is 0.902. The monoisotopic (exact) mass is 293 g/mol. The highest BCUT2D eigenvalue weighted by molar-refractivity contribution is 5.52. The Kier molecular flexibility index (Phi) is 4.67. The molecule has 0 radical (unpaired) electrons. The number of methoxy groups -OCH3 is 3. The topological polar surface area (TPSA) is 53.7 Å². The van der Waals surface area contributed by atoms with Crippen LogP contribution in [0, 0.1) is 11.3 Å². The molecule has 1 fully saturated rings. The predicted octanol–water partition coefficient (Wildman–Crippen LogP) is 3.54. The average Bonchev–Trinajstić information content (AvgIpc) is 2.84. The number of rotatable bonds is 5. The number of ether oxygens (including phenoxy) is 3. The molecule has 1 aromatic carbocycles. The number of benzene rings is 1. The van der Waals surface area contributed by atoms with E-state index in [1.165, 1.54) is 12.8 Å². The Morgan fingerprint density at radius 2 is 1.67 bits per heavy atom. The fraction of sp³-hybridized carbons (Fsp3) is 0.647. The Morgan fingerprint density at radius 1 is 1.10 bits per heavy atom. The molecule has 0 saturated heterocycles. The Balaban J connectivity index is 2.46. The molecule has 118 valence electrons. The van der Waals surface area contributed by atoms with Crippen LogP contribution in [-0.2, 0) is 0 Å². The normalized spacial score (nSPS) is 21.9. The van der Waals surface area contributed by atoms with Crippen LogP contribution in [-0.4, -0.2) is 21.3 Å². The third-order valence-corrected chi connectivity index (χ3v) is 4.86. The maximum absolute atomic E-state index is 6.62. The van der Waals surface area contributed by atoms with Gasteiger partial charge in [-0.15, -0.1) is 0 Å². The van der Waals surface area contributed by atoms with Crippen molar-refractivity contribution in [1.29, 1.82) is 0 Å². The van der Waals surface area contributed by atoms with Gasteiger partial charge in [-0.3, -0.25) is 0 Å². The van der Waals surface area contributed by atoms with Gasteiger partial charge in [-0.1, -0.05) is 20.3 Å². The van der Waals surface area contributed by atoms with Crippen LogP contribution in [0.1, 0.15) is 44.7 Å². The van der Waals surface area contributed by atoms with Gasteiger partial charge in [0, 0.05) is 18.2 Å². The van der Waals surface area contributed by atoms with E-state index in [0.717, 1.165) is 23.5 Å². The number of nitrogens with two attached hydrogens (primary N) is 1. The van der Waals surface area contributed by atoms with E-state index in [9.17, 15) is 0 Å². The first-order valence-corrected chi connectivity index (χ1v) is 7.50. The molecular formula is C17H27NO3. The Hall–Kier alpha value is -1.42. The minimum atomic E-state index is -0.0988. The minimum Gasteiger partial charge on any atom is -0.496 e. The molecule has 2 N–H and O–H groups in total. The second-order valence-corrected chi connectivity index (χ2v) is 6.46. The smallest absolute Gasteiger partial charge is 0.131 e. The highest BCUT2D eigenvalue weighted by atomic mass is 16.5. The van der Waals surface area contributed by atoms with Crippen LogP contribution in [0.3, 0.4) is 0 Å². The minimum absolute atomic E-state index is 0.0988. The number of hydrogen-bond acceptors (Lipinski definition) is 4. The van der Waals surface area contributed by atoms with Crippen molar-refractivity contribution >= 4 is 0 Å². The summed E-state index contributed by atoms with van der Waals surface area (Å²) in [6.45, 7) is 4.60. The maximum atomic E-state index is 6.62. The molecule has 0 heterocycles. The van der Waals surface area contributed by atoms with Crippen LogP contribution >= 0.6 is 0 Å². The fourth-order valence-corrected chi connectivity index (χ4v) is 3.58. The molecule has 2 atom stereocenters. The van der Waals surface area contributed by atoms with Crippen LogP contribution in [0.4, 0.5) is 0 Å². The van der Waals surface area contributed by atoms with Crippen molar-refractivity contribution in [2.75, 3.05) is 21.3 Å². The van der Waals surface area contributed by atoms with Gasteiger partial charge >= 0.3 is 0 Å². The molecule has 2 rings (SSSR count). The lowest BCUT2D eigenvalue weighted by Gasteiger charge is -2.33. The largest absolute Gasteiger partial charge is 0.496 e. The Labute approximate surface area is 127 Å². The molecule has 4 heteroatoms. The summed E-state index contributed by atoms with van der Waals surface area (Å²) in [7, 11) is 4.95. The van der Waals surface area contributed by atoms with Gasteiger partial charge in [0.1, 0.15) is 17.2 Å². The average molecular weight is 293 g/mol. The van der Waals surface area contributed by atoms with Crippen LogP contribution in [0.2, 0.25) is 0 Å². The first kappa shape index (κ1) is 16.0. The lowest BCUT2D eigenvalue weighted by molar-refractivity contribution is 0.216. The highest BCUT2D eigenvalue weighted by Crippen LogP contribution is 2.51. The van der Waals surface area contributed by atoms with Crippen LogP contribution in [0.15, 0.2) is 12.1 Å². The van der Waals surface area contributed by atoms with Gasteiger partial charge in [0.25, 0.3) is 0 Å². The second kappa shape index (κ2) is 6.14. The summed E-state index contributed by atoms with van der Waals surface area (Å²) in [6, 6.07) is 3.65. The fourth-order valence-electron chi connectivity index (χ4n) is 3.58. The summed E-state index contributed by atoms with van der Waals surface area (Å²) in [5, 5.41) is 0. The van der Waals surface area contributed by atoms with Crippen LogP contribution in [0.25, 0.3) is 0 Å². The molecule has 1 aromatic rings. The summed E-state index contributed by atoms with van der Waals surface area (Å²) >= 11 is 0.